The van der Waals surface area contributed by atoms with E-state index in [1.807, 2.05) is 0 Å². The zero-order chi connectivity index (χ0) is 11.4. The number of anilines is 1. The van der Waals surface area contributed by atoms with Crippen LogP contribution in [0.25, 0.3) is 0 Å². The second-order valence-corrected chi connectivity index (χ2v) is 5.31. The number of halogens is 2. The van der Waals surface area contributed by atoms with Gasteiger partial charge in [-0.3, -0.25) is 0 Å². The van der Waals surface area contributed by atoms with Crippen LogP contribution in [0, 0.1) is 9.39 Å². The maximum Gasteiger partial charge on any atom is 0.124 e. The molecule has 88 valence electrons. The van der Waals surface area contributed by atoms with Gasteiger partial charge in [-0.05, 0) is 60.2 Å². The quantitative estimate of drug-likeness (QED) is 0.831. The topological polar surface area (TPSA) is 24.1 Å². The van der Waals surface area contributed by atoms with E-state index in [4.69, 9.17) is 0 Å². The van der Waals surface area contributed by atoms with Crippen LogP contribution < -0.4 is 10.6 Å². The lowest BCUT2D eigenvalue weighted by molar-refractivity contribution is 0.414. The third-order valence-electron chi connectivity index (χ3n) is 2.88. The summed E-state index contributed by atoms with van der Waals surface area (Å²) in [5.41, 5.74) is 1.02. The highest BCUT2D eigenvalue weighted by atomic mass is 127. The van der Waals surface area contributed by atoms with Crippen LogP contribution in [0.15, 0.2) is 18.2 Å². The molecule has 2 nitrogen and oxygen atoms in total. The van der Waals surface area contributed by atoms with Crippen molar-refractivity contribution in [2.24, 2.45) is 0 Å². The highest BCUT2D eigenvalue weighted by Gasteiger charge is 2.12. The number of hydrogen-bond donors (Lipinski definition) is 2. The van der Waals surface area contributed by atoms with E-state index in [2.05, 4.69) is 33.2 Å². The minimum absolute atomic E-state index is 0.175. The smallest absolute Gasteiger partial charge is 0.124 e. The summed E-state index contributed by atoms with van der Waals surface area (Å²) in [6.45, 7) is 2.04. The molecule has 1 aliphatic rings. The number of rotatable bonds is 3. The summed E-state index contributed by atoms with van der Waals surface area (Å²) in [5, 5.41) is 6.85. The zero-order valence-corrected chi connectivity index (χ0v) is 11.3. The van der Waals surface area contributed by atoms with Gasteiger partial charge >= 0.3 is 0 Å². The summed E-state index contributed by atoms with van der Waals surface area (Å²) in [7, 11) is 0. The fourth-order valence-electron chi connectivity index (χ4n) is 1.96. The second-order valence-electron chi connectivity index (χ2n) is 4.15. The van der Waals surface area contributed by atoms with Crippen molar-refractivity contribution in [2.45, 2.75) is 25.3 Å². The maximum absolute atomic E-state index is 12.9. The Kier molecular flexibility index (Phi) is 4.40. The Morgan fingerprint density at radius 2 is 2.31 bits per heavy atom. The predicted molar refractivity (Wildman–Crippen MR) is 73.2 cm³/mol. The van der Waals surface area contributed by atoms with E-state index >= 15 is 0 Å². The molecule has 0 amide bonds. The van der Waals surface area contributed by atoms with Crippen molar-refractivity contribution in [3.05, 3.63) is 27.6 Å². The summed E-state index contributed by atoms with van der Waals surface area (Å²) in [6.07, 6.45) is 3.81. The van der Waals surface area contributed by atoms with E-state index in [-0.39, 0.29) is 5.82 Å². The van der Waals surface area contributed by atoms with Gasteiger partial charge in [0.1, 0.15) is 5.82 Å². The molecule has 1 aromatic rings. The van der Waals surface area contributed by atoms with Crippen molar-refractivity contribution in [2.75, 3.05) is 18.4 Å². The molecular weight excluding hydrogens is 318 g/mol. The van der Waals surface area contributed by atoms with Gasteiger partial charge in [0.05, 0.1) is 0 Å². The van der Waals surface area contributed by atoms with E-state index in [0.29, 0.717) is 6.04 Å². The largest absolute Gasteiger partial charge is 0.383 e. The lowest BCUT2D eigenvalue weighted by Crippen LogP contribution is -2.39. The number of piperidine rings is 1. The summed E-state index contributed by atoms with van der Waals surface area (Å²) in [6, 6.07) is 5.41. The van der Waals surface area contributed by atoms with Crippen molar-refractivity contribution >= 4 is 28.3 Å². The highest BCUT2D eigenvalue weighted by molar-refractivity contribution is 14.1. The SMILES string of the molecule is Fc1ccc(NCC2CCCCN2)c(I)c1. The Bertz CT molecular complexity index is 351. The summed E-state index contributed by atoms with van der Waals surface area (Å²) >= 11 is 2.16. The Hall–Kier alpha value is -0.360. The van der Waals surface area contributed by atoms with Crippen LogP contribution in [-0.4, -0.2) is 19.1 Å². The minimum atomic E-state index is -0.175. The number of benzene rings is 1. The van der Waals surface area contributed by atoms with E-state index in [1.165, 1.54) is 25.3 Å². The Morgan fingerprint density at radius 3 is 3.00 bits per heavy atom. The molecule has 4 heteroatoms. The molecule has 0 aromatic heterocycles. The number of nitrogens with one attached hydrogen (secondary N) is 2. The van der Waals surface area contributed by atoms with Crippen LogP contribution >= 0.6 is 22.6 Å². The standard InChI is InChI=1S/C12H16FIN2/c13-9-4-5-12(11(14)7-9)16-8-10-3-1-2-6-15-10/h4-5,7,10,15-16H,1-3,6,8H2. The van der Waals surface area contributed by atoms with Crippen molar-refractivity contribution < 1.29 is 4.39 Å². The summed E-state index contributed by atoms with van der Waals surface area (Å²) < 4.78 is 13.8. The molecule has 1 heterocycles. The Morgan fingerprint density at radius 1 is 1.44 bits per heavy atom. The van der Waals surface area contributed by atoms with Crippen LogP contribution in [0.4, 0.5) is 10.1 Å². The van der Waals surface area contributed by atoms with Gasteiger partial charge in [-0.2, -0.15) is 0 Å². The lowest BCUT2D eigenvalue weighted by Gasteiger charge is -2.24. The van der Waals surface area contributed by atoms with Crippen molar-refractivity contribution in [3.63, 3.8) is 0 Å². The van der Waals surface area contributed by atoms with Crippen LogP contribution in [-0.2, 0) is 0 Å². The van der Waals surface area contributed by atoms with Crippen LogP contribution in [0.5, 0.6) is 0 Å². The first-order valence-electron chi connectivity index (χ1n) is 5.68. The van der Waals surface area contributed by atoms with E-state index in [1.54, 1.807) is 12.1 Å². The monoisotopic (exact) mass is 334 g/mol. The molecule has 2 N–H and O–H groups in total. The second kappa shape index (κ2) is 5.82. The van der Waals surface area contributed by atoms with Gasteiger partial charge in [0.15, 0.2) is 0 Å². The first kappa shape index (κ1) is 12.1. The molecule has 1 aliphatic heterocycles. The summed E-state index contributed by atoms with van der Waals surface area (Å²) in [4.78, 5) is 0. The zero-order valence-electron chi connectivity index (χ0n) is 9.10. The van der Waals surface area contributed by atoms with Gasteiger partial charge in [0, 0.05) is 21.8 Å². The molecule has 0 bridgehead atoms. The minimum Gasteiger partial charge on any atom is -0.383 e. The molecule has 16 heavy (non-hydrogen) atoms. The van der Waals surface area contributed by atoms with E-state index < -0.39 is 0 Å². The lowest BCUT2D eigenvalue weighted by atomic mass is 10.1. The first-order valence-corrected chi connectivity index (χ1v) is 6.76. The van der Waals surface area contributed by atoms with Crippen LogP contribution in [0.1, 0.15) is 19.3 Å². The first-order chi connectivity index (χ1) is 7.75. The molecule has 1 fully saturated rings. The molecule has 1 saturated heterocycles. The molecular formula is C12H16FIN2. The van der Waals surface area contributed by atoms with Crippen LogP contribution in [0.2, 0.25) is 0 Å². The Labute approximate surface area is 109 Å². The molecule has 1 aromatic carbocycles. The molecule has 1 unspecified atom stereocenters. The number of hydrogen-bond acceptors (Lipinski definition) is 2. The Balaban J connectivity index is 1.88. The molecule has 0 aliphatic carbocycles. The van der Waals surface area contributed by atoms with Gasteiger partial charge in [0.2, 0.25) is 0 Å². The molecule has 1 atom stereocenters. The van der Waals surface area contributed by atoms with Gasteiger partial charge < -0.3 is 10.6 Å². The fraction of sp³-hybridized carbons (Fsp3) is 0.500. The van der Waals surface area contributed by atoms with Crippen molar-refractivity contribution in [1.29, 1.82) is 0 Å². The molecule has 0 radical (unpaired) electrons. The van der Waals surface area contributed by atoms with E-state index in [0.717, 1.165) is 22.3 Å². The van der Waals surface area contributed by atoms with Crippen molar-refractivity contribution in [3.8, 4) is 0 Å². The maximum atomic E-state index is 12.9. The summed E-state index contributed by atoms with van der Waals surface area (Å²) in [5.74, 6) is -0.175. The average Bonchev–Trinajstić information content (AvgIpc) is 2.29. The average molecular weight is 334 g/mol. The predicted octanol–water partition coefficient (Wildman–Crippen LogP) is 2.98. The molecule has 0 saturated carbocycles. The van der Waals surface area contributed by atoms with Gasteiger partial charge in [-0.15, -0.1) is 0 Å². The van der Waals surface area contributed by atoms with Gasteiger partial charge in [-0.25, -0.2) is 4.39 Å². The van der Waals surface area contributed by atoms with Crippen LogP contribution in [0.3, 0.4) is 0 Å². The van der Waals surface area contributed by atoms with E-state index in [9.17, 15) is 4.39 Å². The highest BCUT2D eigenvalue weighted by Crippen LogP contribution is 2.19. The van der Waals surface area contributed by atoms with Crippen molar-refractivity contribution in [1.82, 2.24) is 5.32 Å². The van der Waals surface area contributed by atoms with Gasteiger partial charge in [-0.1, -0.05) is 6.42 Å². The normalized spacial score (nSPS) is 20.8. The third kappa shape index (κ3) is 3.31. The van der Waals surface area contributed by atoms with Gasteiger partial charge in [0.25, 0.3) is 0 Å². The molecule has 2 rings (SSSR count). The third-order valence-corrected chi connectivity index (χ3v) is 3.77. The fourth-order valence-corrected chi connectivity index (χ4v) is 2.63. The molecule has 0 spiro atoms.